The first-order valence-corrected chi connectivity index (χ1v) is 16.5. The van der Waals surface area contributed by atoms with Crippen molar-refractivity contribution in [2.75, 3.05) is 25.0 Å². The molecular formula is C30H28AsF3N4OS. The van der Waals surface area contributed by atoms with Crippen LogP contribution in [0.3, 0.4) is 0 Å². The number of nitrogens with zero attached hydrogens (tertiary/aromatic N) is 3. The van der Waals surface area contributed by atoms with Crippen LogP contribution in [0.4, 0.5) is 18.9 Å². The number of hydrogen-bond donors (Lipinski definition) is 1. The molecule has 1 N–H and O–H groups in total. The van der Waals surface area contributed by atoms with Gasteiger partial charge in [0.25, 0.3) is 0 Å². The molecule has 0 spiro atoms. The van der Waals surface area contributed by atoms with Crippen LogP contribution in [0.2, 0.25) is 5.21 Å². The van der Waals surface area contributed by atoms with Gasteiger partial charge in [-0.15, -0.1) is 0 Å². The number of amides is 1. The number of rotatable bonds is 8. The molecule has 0 radical (unpaired) electrons. The summed E-state index contributed by atoms with van der Waals surface area (Å²) in [6.45, 7) is 3.42. The average molecular weight is 625 g/mol. The zero-order valence-corrected chi connectivity index (χ0v) is 24.6. The third kappa shape index (κ3) is 7.51. The normalized spacial score (nSPS) is 14.1. The van der Waals surface area contributed by atoms with Crippen molar-refractivity contribution in [1.82, 2.24) is 14.9 Å². The maximum atomic E-state index is 13.0. The molecule has 1 amide bonds. The third-order valence-corrected chi connectivity index (χ3v) is 10.6. The van der Waals surface area contributed by atoms with Crippen molar-refractivity contribution in [2.45, 2.75) is 37.1 Å². The fraction of sp³-hybridized carbons (Fsp3) is 0.300. The number of carbonyl (C=O) groups is 1. The summed E-state index contributed by atoms with van der Waals surface area (Å²) >= 11 is 1.19. The Bertz CT molecular complexity index is 1540. The SMILES string of the molecule is O=C(Nc1ccc(CC[AsH]c2ncnc3cc(C#CCCN4CCCC4)sc23)cc1)c1cccc(C(F)(F)F)c1. The first-order chi connectivity index (χ1) is 19.3. The predicted molar refractivity (Wildman–Crippen MR) is 156 cm³/mol. The average Bonchev–Trinajstić information content (AvgIpc) is 3.62. The van der Waals surface area contributed by atoms with E-state index in [9.17, 15) is 18.0 Å². The zero-order chi connectivity index (χ0) is 28.0. The number of thiophene rings is 1. The van der Waals surface area contributed by atoms with Gasteiger partial charge in [-0.25, -0.2) is 0 Å². The van der Waals surface area contributed by atoms with Gasteiger partial charge in [-0.1, -0.05) is 0 Å². The predicted octanol–water partition coefficient (Wildman–Crippen LogP) is 5.52. The second-order valence-electron chi connectivity index (χ2n) is 9.55. The van der Waals surface area contributed by atoms with E-state index in [1.54, 1.807) is 29.8 Å². The number of hydrogen-bond acceptors (Lipinski definition) is 5. The minimum absolute atomic E-state index is 0.0368. The van der Waals surface area contributed by atoms with E-state index in [0.29, 0.717) is 5.69 Å². The molecular weight excluding hydrogens is 596 g/mol. The fourth-order valence-electron chi connectivity index (χ4n) is 4.53. The molecule has 1 saturated heterocycles. The summed E-state index contributed by atoms with van der Waals surface area (Å²) in [6.07, 6.45) is 1.50. The number of aryl methyl sites for hydroxylation is 1. The monoisotopic (exact) mass is 624 g/mol. The molecule has 2 aromatic carbocycles. The fourth-order valence-corrected chi connectivity index (χ4v) is 8.39. The topological polar surface area (TPSA) is 58.1 Å². The van der Waals surface area contributed by atoms with E-state index >= 15 is 0 Å². The number of carbonyl (C=O) groups excluding carboxylic acids is 1. The second-order valence-corrected chi connectivity index (χ2v) is 13.4. The molecule has 2 aromatic heterocycles. The van der Waals surface area contributed by atoms with E-state index in [2.05, 4.69) is 38.1 Å². The van der Waals surface area contributed by atoms with Crippen molar-refractivity contribution in [1.29, 1.82) is 0 Å². The van der Waals surface area contributed by atoms with E-state index in [1.165, 1.54) is 38.1 Å². The van der Waals surface area contributed by atoms with Crippen LogP contribution in [0.25, 0.3) is 10.2 Å². The van der Waals surface area contributed by atoms with Crippen LogP contribution in [0.1, 0.15) is 45.6 Å². The van der Waals surface area contributed by atoms with Crippen LogP contribution >= 0.6 is 11.3 Å². The third-order valence-electron chi connectivity index (χ3n) is 6.64. The molecule has 40 heavy (non-hydrogen) atoms. The van der Waals surface area contributed by atoms with E-state index < -0.39 is 33.4 Å². The first-order valence-electron chi connectivity index (χ1n) is 13.1. The molecule has 5 rings (SSSR count). The summed E-state index contributed by atoms with van der Waals surface area (Å²) in [5.41, 5.74) is 1.74. The van der Waals surface area contributed by atoms with Crippen molar-refractivity contribution >= 4 is 53.4 Å². The van der Waals surface area contributed by atoms with Crippen molar-refractivity contribution in [3.05, 3.63) is 82.5 Å². The molecule has 1 unspecified atom stereocenters. The van der Waals surface area contributed by atoms with Gasteiger partial charge >= 0.3 is 229 Å². The number of fused-ring (bicyclic) bond motifs is 1. The number of alkyl halides is 3. The Morgan fingerprint density at radius 2 is 1.88 bits per heavy atom. The summed E-state index contributed by atoms with van der Waals surface area (Å²) in [7, 11) is 0. The number of benzene rings is 2. The van der Waals surface area contributed by atoms with Crippen LogP contribution in [-0.4, -0.2) is 56.2 Å². The van der Waals surface area contributed by atoms with E-state index in [-0.39, 0.29) is 5.56 Å². The molecule has 1 atom stereocenters. The first kappa shape index (κ1) is 28.4. The Labute approximate surface area is 241 Å². The van der Waals surface area contributed by atoms with Gasteiger partial charge in [0.15, 0.2) is 0 Å². The molecule has 0 bridgehead atoms. The second kappa shape index (κ2) is 13.0. The van der Waals surface area contributed by atoms with Crippen LogP contribution < -0.4 is 9.80 Å². The Balaban J connectivity index is 1.13. The van der Waals surface area contributed by atoms with Crippen LogP contribution in [-0.2, 0) is 12.6 Å². The Morgan fingerprint density at radius 1 is 1.07 bits per heavy atom. The van der Waals surface area contributed by atoms with Crippen molar-refractivity contribution < 1.29 is 18.0 Å². The number of anilines is 1. The van der Waals surface area contributed by atoms with Gasteiger partial charge in [0.2, 0.25) is 0 Å². The van der Waals surface area contributed by atoms with Gasteiger partial charge in [0.1, 0.15) is 0 Å². The molecule has 10 heteroatoms. The Morgan fingerprint density at radius 3 is 2.65 bits per heavy atom. The van der Waals surface area contributed by atoms with Crippen molar-refractivity contribution in [3.63, 3.8) is 0 Å². The number of nitrogens with one attached hydrogen (secondary N) is 1. The number of likely N-dealkylation sites (tertiary alicyclic amines) is 1. The summed E-state index contributed by atoms with van der Waals surface area (Å²) in [6, 6.07) is 13.9. The molecule has 206 valence electrons. The van der Waals surface area contributed by atoms with Gasteiger partial charge in [0, 0.05) is 0 Å². The zero-order valence-electron chi connectivity index (χ0n) is 21.7. The standard InChI is InChI=1S/C30H28AsF3N4OS/c32-30(33,34)23-7-5-6-22(18-23)29(39)37-24-11-9-21(10-12-24)13-14-31-28-27-26(35-20-36-28)19-25(40-27)8-1-2-15-38-16-3-4-17-38/h5-7,9-12,18-20,31H,2-4,13-17H2,(H,37,39). The number of aromatic nitrogens is 2. The van der Waals surface area contributed by atoms with E-state index in [1.807, 2.05) is 12.1 Å². The van der Waals surface area contributed by atoms with Gasteiger partial charge in [-0.2, -0.15) is 13.2 Å². The van der Waals surface area contributed by atoms with Crippen LogP contribution in [0, 0.1) is 11.8 Å². The summed E-state index contributed by atoms with van der Waals surface area (Å²) in [5.74, 6) is 6.05. The van der Waals surface area contributed by atoms with Crippen LogP contribution in [0.15, 0.2) is 60.9 Å². The maximum absolute atomic E-state index is 13.0. The molecule has 0 saturated carbocycles. The molecule has 5 nitrogen and oxygen atoms in total. The van der Waals surface area contributed by atoms with E-state index in [0.717, 1.165) is 61.9 Å². The quantitative estimate of drug-likeness (QED) is 0.207. The van der Waals surface area contributed by atoms with Crippen molar-refractivity contribution in [2.24, 2.45) is 0 Å². The van der Waals surface area contributed by atoms with Crippen molar-refractivity contribution in [3.8, 4) is 11.8 Å². The molecule has 1 aliphatic heterocycles. The Kier molecular flexibility index (Phi) is 9.21. The van der Waals surface area contributed by atoms with Gasteiger partial charge in [-0.05, 0) is 0 Å². The van der Waals surface area contributed by atoms with Crippen LogP contribution in [0.5, 0.6) is 0 Å². The summed E-state index contributed by atoms with van der Waals surface area (Å²) in [5, 5.41) is 3.68. The van der Waals surface area contributed by atoms with Gasteiger partial charge in [0.05, 0.1) is 0 Å². The molecule has 3 heterocycles. The molecule has 4 aromatic rings. The van der Waals surface area contributed by atoms with E-state index in [4.69, 9.17) is 0 Å². The van der Waals surface area contributed by atoms with Gasteiger partial charge in [-0.3, -0.25) is 0 Å². The molecule has 0 aliphatic carbocycles. The van der Waals surface area contributed by atoms with Gasteiger partial charge < -0.3 is 0 Å². The molecule has 1 fully saturated rings. The summed E-state index contributed by atoms with van der Waals surface area (Å²) < 4.78 is 41.1. The number of halogens is 3. The summed E-state index contributed by atoms with van der Waals surface area (Å²) in [4.78, 5) is 25.0. The minimum atomic E-state index is -4.49. The Hall–Kier alpha value is -3.18. The molecule has 1 aliphatic rings.